The van der Waals surface area contributed by atoms with Gasteiger partial charge in [-0.25, -0.2) is 4.98 Å². The predicted octanol–water partition coefficient (Wildman–Crippen LogP) is 0.845. The first-order valence-electron chi connectivity index (χ1n) is 5.61. The van der Waals surface area contributed by atoms with E-state index in [9.17, 15) is 4.79 Å². The Balaban J connectivity index is 1.84. The second-order valence-corrected chi connectivity index (χ2v) is 4.09. The van der Waals surface area contributed by atoms with Gasteiger partial charge in [0.15, 0.2) is 0 Å². The molecule has 0 spiro atoms. The molecule has 0 saturated carbocycles. The highest BCUT2D eigenvalue weighted by molar-refractivity contribution is 4.99. The molecule has 4 nitrogen and oxygen atoms in total. The predicted molar refractivity (Wildman–Crippen MR) is 58.8 cm³/mol. The lowest BCUT2D eigenvalue weighted by atomic mass is 10.00. The first-order valence-corrected chi connectivity index (χ1v) is 5.61. The van der Waals surface area contributed by atoms with Crippen molar-refractivity contribution in [1.29, 1.82) is 0 Å². The molecule has 1 aromatic heterocycles. The third kappa shape index (κ3) is 3.16. The van der Waals surface area contributed by atoms with Gasteiger partial charge < -0.3 is 10.3 Å². The van der Waals surface area contributed by atoms with Crippen molar-refractivity contribution < 1.29 is 0 Å². The van der Waals surface area contributed by atoms with Crippen LogP contribution in [-0.2, 0) is 6.42 Å². The number of nitrogens with one attached hydrogen (secondary N) is 2. The highest BCUT2D eigenvalue weighted by atomic mass is 16.1. The van der Waals surface area contributed by atoms with Gasteiger partial charge in [0.1, 0.15) is 0 Å². The van der Waals surface area contributed by atoms with Crippen molar-refractivity contribution in [2.75, 3.05) is 6.54 Å². The Morgan fingerprint density at radius 2 is 2.40 bits per heavy atom. The van der Waals surface area contributed by atoms with Gasteiger partial charge in [-0.1, -0.05) is 6.42 Å². The average Bonchev–Trinajstić information content (AvgIpc) is 2.28. The highest BCUT2D eigenvalue weighted by Gasteiger charge is 2.12. The first kappa shape index (κ1) is 10.4. The fourth-order valence-corrected chi connectivity index (χ4v) is 2.04. The molecular formula is C11H17N3O. The van der Waals surface area contributed by atoms with Crippen LogP contribution in [0.25, 0.3) is 0 Å². The van der Waals surface area contributed by atoms with Gasteiger partial charge in [-0.15, -0.1) is 0 Å². The van der Waals surface area contributed by atoms with Crippen molar-refractivity contribution in [3.63, 3.8) is 0 Å². The van der Waals surface area contributed by atoms with Gasteiger partial charge in [-0.05, 0) is 32.2 Å². The maximum absolute atomic E-state index is 11.0. The lowest BCUT2D eigenvalue weighted by Crippen LogP contribution is -2.34. The summed E-state index contributed by atoms with van der Waals surface area (Å²) in [4.78, 5) is 17.7. The van der Waals surface area contributed by atoms with Crippen LogP contribution in [-0.4, -0.2) is 22.6 Å². The van der Waals surface area contributed by atoms with Gasteiger partial charge >= 0.3 is 0 Å². The maximum Gasteiger partial charge on any atom is 0.250 e. The molecule has 15 heavy (non-hydrogen) atoms. The molecule has 1 saturated heterocycles. The summed E-state index contributed by atoms with van der Waals surface area (Å²) in [5.41, 5.74) is 0.836. The van der Waals surface area contributed by atoms with Crippen LogP contribution in [0.5, 0.6) is 0 Å². The molecule has 82 valence electrons. The molecule has 0 bridgehead atoms. The monoisotopic (exact) mass is 207 g/mol. The molecule has 2 rings (SSSR count). The maximum atomic E-state index is 11.0. The van der Waals surface area contributed by atoms with E-state index in [2.05, 4.69) is 15.3 Å². The van der Waals surface area contributed by atoms with Gasteiger partial charge in [0.2, 0.25) is 0 Å². The van der Waals surface area contributed by atoms with Gasteiger partial charge in [0, 0.05) is 17.8 Å². The molecule has 0 radical (unpaired) electrons. The number of hydrogen-bond acceptors (Lipinski definition) is 3. The molecule has 1 fully saturated rings. The molecule has 1 aliphatic heterocycles. The molecule has 2 heterocycles. The first-order chi connectivity index (χ1) is 7.34. The van der Waals surface area contributed by atoms with Crippen molar-refractivity contribution in [1.82, 2.24) is 15.3 Å². The van der Waals surface area contributed by atoms with E-state index < -0.39 is 0 Å². The Morgan fingerprint density at radius 1 is 1.47 bits per heavy atom. The van der Waals surface area contributed by atoms with E-state index in [1.165, 1.54) is 25.6 Å². The molecule has 0 amide bonds. The number of H-pyrrole nitrogens is 1. The molecule has 1 atom stereocenters. The van der Waals surface area contributed by atoms with Gasteiger partial charge in [0.05, 0.1) is 6.33 Å². The zero-order chi connectivity index (χ0) is 10.5. The Kier molecular flexibility index (Phi) is 3.50. The van der Waals surface area contributed by atoms with Gasteiger partial charge in [-0.3, -0.25) is 4.79 Å². The Labute approximate surface area is 89.1 Å². The van der Waals surface area contributed by atoms with Crippen LogP contribution in [0.15, 0.2) is 17.2 Å². The third-order valence-electron chi connectivity index (χ3n) is 2.90. The SMILES string of the molecule is O=c1cc(CCC2CCCCN2)nc[nH]1. The summed E-state index contributed by atoms with van der Waals surface area (Å²) < 4.78 is 0. The fraction of sp³-hybridized carbons (Fsp3) is 0.636. The summed E-state index contributed by atoms with van der Waals surface area (Å²) >= 11 is 0. The number of piperidine rings is 1. The smallest absolute Gasteiger partial charge is 0.250 e. The molecule has 2 N–H and O–H groups in total. The van der Waals surface area contributed by atoms with E-state index in [4.69, 9.17) is 0 Å². The Morgan fingerprint density at radius 3 is 3.13 bits per heavy atom. The largest absolute Gasteiger partial charge is 0.314 e. The number of rotatable bonds is 3. The van der Waals surface area contributed by atoms with Crippen LogP contribution in [0, 0.1) is 0 Å². The van der Waals surface area contributed by atoms with Crippen molar-refractivity contribution in [2.45, 2.75) is 38.1 Å². The number of hydrogen-bond donors (Lipinski definition) is 2. The van der Waals surface area contributed by atoms with E-state index in [0.717, 1.165) is 25.1 Å². The summed E-state index contributed by atoms with van der Waals surface area (Å²) in [6.07, 6.45) is 7.31. The normalized spacial score (nSPS) is 21.5. The summed E-state index contributed by atoms with van der Waals surface area (Å²) in [5, 5.41) is 3.49. The number of aromatic amines is 1. The van der Waals surface area contributed by atoms with E-state index in [0.29, 0.717) is 6.04 Å². The molecule has 4 heteroatoms. The fourth-order valence-electron chi connectivity index (χ4n) is 2.04. The van der Waals surface area contributed by atoms with E-state index in [-0.39, 0.29) is 5.56 Å². The van der Waals surface area contributed by atoms with Crippen LogP contribution in [0.3, 0.4) is 0 Å². The molecule has 1 unspecified atom stereocenters. The van der Waals surface area contributed by atoms with Gasteiger partial charge in [-0.2, -0.15) is 0 Å². The second kappa shape index (κ2) is 5.07. The molecule has 0 aromatic carbocycles. The van der Waals surface area contributed by atoms with Gasteiger partial charge in [0.25, 0.3) is 5.56 Å². The minimum absolute atomic E-state index is 0.0587. The second-order valence-electron chi connectivity index (χ2n) is 4.09. The summed E-state index contributed by atoms with van der Waals surface area (Å²) in [7, 11) is 0. The van der Waals surface area contributed by atoms with E-state index >= 15 is 0 Å². The van der Waals surface area contributed by atoms with Crippen molar-refractivity contribution in [3.8, 4) is 0 Å². The molecule has 1 aromatic rings. The van der Waals surface area contributed by atoms with Crippen molar-refractivity contribution in [2.24, 2.45) is 0 Å². The Hall–Kier alpha value is -1.16. The van der Waals surface area contributed by atoms with Crippen LogP contribution in [0.4, 0.5) is 0 Å². The zero-order valence-electron chi connectivity index (χ0n) is 8.83. The number of nitrogens with zero attached hydrogens (tertiary/aromatic N) is 1. The van der Waals surface area contributed by atoms with Crippen molar-refractivity contribution >= 4 is 0 Å². The minimum atomic E-state index is -0.0587. The highest BCUT2D eigenvalue weighted by Crippen LogP contribution is 2.11. The summed E-state index contributed by atoms with van der Waals surface area (Å²) in [6.45, 7) is 1.13. The lowest BCUT2D eigenvalue weighted by molar-refractivity contribution is 0.382. The third-order valence-corrected chi connectivity index (χ3v) is 2.90. The zero-order valence-corrected chi connectivity index (χ0v) is 8.83. The van der Waals surface area contributed by atoms with Crippen LogP contribution in [0.2, 0.25) is 0 Å². The van der Waals surface area contributed by atoms with Crippen LogP contribution in [0.1, 0.15) is 31.4 Å². The Bertz CT molecular complexity index is 355. The summed E-state index contributed by atoms with van der Waals surface area (Å²) in [6, 6.07) is 2.20. The van der Waals surface area contributed by atoms with E-state index in [1.54, 1.807) is 6.07 Å². The standard InChI is InChI=1S/C11H17N3O/c15-11-7-10(13-8-14-11)5-4-9-3-1-2-6-12-9/h7-9,12H,1-6H2,(H,13,14,15). The number of aromatic nitrogens is 2. The van der Waals surface area contributed by atoms with E-state index in [1.807, 2.05) is 0 Å². The summed E-state index contributed by atoms with van der Waals surface area (Å²) in [5.74, 6) is 0. The number of aryl methyl sites for hydroxylation is 1. The lowest BCUT2D eigenvalue weighted by Gasteiger charge is -2.23. The topological polar surface area (TPSA) is 57.8 Å². The molecular weight excluding hydrogens is 190 g/mol. The van der Waals surface area contributed by atoms with Crippen LogP contribution >= 0.6 is 0 Å². The van der Waals surface area contributed by atoms with Crippen molar-refractivity contribution in [3.05, 3.63) is 28.4 Å². The molecule has 0 aliphatic carbocycles. The quantitative estimate of drug-likeness (QED) is 0.772. The molecule has 1 aliphatic rings. The van der Waals surface area contributed by atoms with Crippen LogP contribution < -0.4 is 10.9 Å². The average molecular weight is 207 g/mol. The minimum Gasteiger partial charge on any atom is -0.314 e.